The van der Waals surface area contributed by atoms with Gasteiger partial charge in [0.15, 0.2) is 11.6 Å². The Kier molecular flexibility index (Phi) is 5.13. The fourth-order valence-corrected chi connectivity index (χ4v) is 4.22. The Morgan fingerprint density at radius 2 is 1.84 bits per heavy atom. The van der Waals surface area contributed by atoms with Crippen molar-refractivity contribution in [2.24, 2.45) is 0 Å². The van der Waals surface area contributed by atoms with E-state index in [1.807, 2.05) is 11.4 Å². The van der Waals surface area contributed by atoms with Gasteiger partial charge in [-0.1, -0.05) is 18.9 Å². The molecule has 0 atom stereocenters. The van der Waals surface area contributed by atoms with Gasteiger partial charge in [0.1, 0.15) is 0 Å². The topological polar surface area (TPSA) is 58.2 Å². The molecule has 0 unspecified atom stereocenters. The summed E-state index contributed by atoms with van der Waals surface area (Å²) in [4.78, 5) is 25.3. The van der Waals surface area contributed by atoms with Gasteiger partial charge in [0.25, 0.3) is 0 Å². The summed E-state index contributed by atoms with van der Waals surface area (Å²) in [5.74, 6) is -3.78. The SMILES string of the molecule is O=C(NCC1(c2cccs2)CCCC1)C(=O)Nc1ccc(F)c(F)c1. The van der Waals surface area contributed by atoms with E-state index < -0.39 is 23.4 Å². The molecule has 0 saturated heterocycles. The van der Waals surface area contributed by atoms with E-state index in [0.29, 0.717) is 6.54 Å². The van der Waals surface area contributed by atoms with Gasteiger partial charge in [-0.25, -0.2) is 8.78 Å². The van der Waals surface area contributed by atoms with E-state index in [1.165, 1.54) is 10.9 Å². The van der Waals surface area contributed by atoms with Crippen molar-refractivity contribution in [3.63, 3.8) is 0 Å². The highest BCUT2D eigenvalue weighted by Crippen LogP contribution is 2.42. The third-order valence-corrected chi connectivity index (χ3v) is 5.69. The van der Waals surface area contributed by atoms with Crippen molar-refractivity contribution in [1.82, 2.24) is 5.32 Å². The second-order valence-electron chi connectivity index (χ2n) is 6.23. The molecule has 132 valence electrons. The smallest absolute Gasteiger partial charge is 0.313 e. The fourth-order valence-electron chi connectivity index (χ4n) is 3.23. The Balaban J connectivity index is 1.61. The molecule has 0 aliphatic heterocycles. The number of hydrogen-bond acceptors (Lipinski definition) is 3. The molecule has 25 heavy (non-hydrogen) atoms. The van der Waals surface area contributed by atoms with Gasteiger partial charge in [-0.05, 0) is 36.4 Å². The van der Waals surface area contributed by atoms with Crippen molar-refractivity contribution in [1.29, 1.82) is 0 Å². The number of hydrogen-bond donors (Lipinski definition) is 2. The van der Waals surface area contributed by atoms with Crippen LogP contribution in [0.1, 0.15) is 30.6 Å². The van der Waals surface area contributed by atoms with Crippen LogP contribution in [0.3, 0.4) is 0 Å². The molecule has 3 rings (SSSR count). The molecular formula is C18H18F2N2O2S. The maximum absolute atomic E-state index is 13.2. The third-order valence-electron chi connectivity index (χ3n) is 4.58. The summed E-state index contributed by atoms with van der Waals surface area (Å²) in [5.41, 5.74) is -0.0839. The fraction of sp³-hybridized carbons (Fsp3) is 0.333. The maximum Gasteiger partial charge on any atom is 0.313 e. The minimum Gasteiger partial charge on any atom is -0.347 e. The predicted octanol–water partition coefficient (Wildman–Crippen LogP) is 3.59. The molecule has 0 spiro atoms. The first-order valence-electron chi connectivity index (χ1n) is 8.08. The monoisotopic (exact) mass is 364 g/mol. The minimum absolute atomic E-state index is 0.0351. The summed E-state index contributed by atoms with van der Waals surface area (Å²) in [5, 5.41) is 6.97. The van der Waals surface area contributed by atoms with Gasteiger partial charge < -0.3 is 10.6 Å². The first-order chi connectivity index (χ1) is 12.0. The molecule has 2 amide bonds. The van der Waals surface area contributed by atoms with Crippen molar-refractivity contribution in [3.05, 3.63) is 52.2 Å². The van der Waals surface area contributed by atoms with Crippen LogP contribution in [0.4, 0.5) is 14.5 Å². The van der Waals surface area contributed by atoms with Crippen LogP contribution in [0.25, 0.3) is 0 Å². The van der Waals surface area contributed by atoms with Crippen LogP contribution >= 0.6 is 11.3 Å². The van der Waals surface area contributed by atoms with E-state index in [-0.39, 0.29) is 11.1 Å². The van der Waals surface area contributed by atoms with Crippen molar-refractivity contribution in [3.8, 4) is 0 Å². The predicted molar refractivity (Wildman–Crippen MR) is 92.5 cm³/mol. The molecular weight excluding hydrogens is 346 g/mol. The Morgan fingerprint density at radius 3 is 2.48 bits per heavy atom. The molecule has 1 aliphatic rings. The van der Waals surface area contributed by atoms with Crippen molar-refractivity contribution >= 4 is 28.8 Å². The summed E-state index contributed by atoms with van der Waals surface area (Å²) in [6.07, 6.45) is 4.13. The zero-order valence-electron chi connectivity index (χ0n) is 13.5. The van der Waals surface area contributed by atoms with Gasteiger partial charge in [-0.3, -0.25) is 9.59 Å². The number of benzene rings is 1. The number of nitrogens with one attached hydrogen (secondary N) is 2. The van der Waals surface area contributed by atoms with E-state index in [4.69, 9.17) is 0 Å². The number of rotatable bonds is 4. The lowest BCUT2D eigenvalue weighted by Crippen LogP contribution is -2.43. The molecule has 1 heterocycles. The summed E-state index contributed by atoms with van der Waals surface area (Å²) < 4.78 is 26.1. The number of thiophene rings is 1. The highest BCUT2D eigenvalue weighted by molar-refractivity contribution is 7.10. The van der Waals surface area contributed by atoms with Crippen LogP contribution < -0.4 is 10.6 Å². The summed E-state index contributed by atoms with van der Waals surface area (Å²) in [6, 6.07) is 6.98. The number of anilines is 1. The Hall–Kier alpha value is -2.28. The number of carbonyl (C=O) groups excluding carboxylic acids is 2. The average Bonchev–Trinajstić information content (AvgIpc) is 3.27. The van der Waals surface area contributed by atoms with Crippen LogP contribution in [0, 0.1) is 11.6 Å². The van der Waals surface area contributed by atoms with Crippen molar-refractivity contribution in [2.75, 3.05) is 11.9 Å². The average molecular weight is 364 g/mol. The van der Waals surface area contributed by atoms with E-state index in [2.05, 4.69) is 16.7 Å². The van der Waals surface area contributed by atoms with Gasteiger partial charge in [0.05, 0.1) is 0 Å². The van der Waals surface area contributed by atoms with Gasteiger partial charge in [-0.2, -0.15) is 0 Å². The summed E-state index contributed by atoms with van der Waals surface area (Å²) >= 11 is 1.66. The molecule has 1 saturated carbocycles. The first kappa shape index (κ1) is 17.5. The molecule has 2 aromatic rings. The Bertz CT molecular complexity index is 771. The van der Waals surface area contributed by atoms with E-state index in [9.17, 15) is 18.4 Å². The molecule has 0 radical (unpaired) electrons. The highest BCUT2D eigenvalue weighted by atomic mass is 32.1. The van der Waals surface area contributed by atoms with Gasteiger partial charge in [0.2, 0.25) is 0 Å². The highest BCUT2D eigenvalue weighted by Gasteiger charge is 2.37. The first-order valence-corrected chi connectivity index (χ1v) is 8.96. The Labute approximate surface area is 148 Å². The van der Waals surface area contributed by atoms with E-state index in [0.717, 1.165) is 37.8 Å². The van der Waals surface area contributed by atoms with Crippen LogP contribution in [-0.4, -0.2) is 18.4 Å². The van der Waals surface area contributed by atoms with Gasteiger partial charge in [-0.15, -0.1) is 11.3 Å². The standard InChI is InChI=1S/C18H18F2N2O2S/c19-13-6-5-12(10-14(13)20)22-17(24)16(23)21-11-18(7-1-2-8-18)15-4-3-9-25-15/h3-6,9-10H,1-2,7-8,11H2,(H,21,23)(H,22,24). The molecule has 0 bridgehead atoms. The van der Waals surface area contributed by atoms with Crippen molar-refractivity contribution in [2.45, 2.75) is 31.1 Å². The zero-order valence-corrected chi connectivity index (χ0v) is 14.3. The second-order valence-corrected chi connectivity index (χ2v) is 7.18. The zero-order chi connectivity index (χ0) is 17.9. The number of halogens is 2. The molecule has 1 aliphatic carbocycles. The lowest BCUT2D eigenvalue weighted by Gasteiger charge is -2.28. The quantitative estimate of drug-likeness (QED) is 0.815. The normalized spacial score (nSPS) is 15.8. The van der Waals surface area contributed by atoms with Crippen molar-refractivity contribution < 1.29 is 18.4 Å². The van der Waals surface area contributed by atoms with E-state index >= 15 is 0 Å². The van der Waals surface area contributed by atoms with Gasteiger partial charge in [0, 0.05) is 28.6 Å². The van der Waals surface area contributed by atoms with Crippen LogP contribution in [-0.2, 0) is 15.0 Å². The molecule has 1 aromatic carbocycles. The molecule has 4 nitrogen and oxygen atoms in total. The van der Waals surface area contributed by atoms with Gasteiger partial charge >= 0.3 is 11.8 Å². The molecule has 1 aromatic heterocycles. The minimum atomic E-state index is -1.08. The largest absolute Gasteiger partial charge is 0.347 e. The number of amides is 2. The third kappa shape index (κ3) is 3.87. The summed E-state index contributed by atoms with van der Waals surface area (Å²) in [6.45, 7) is 0.386. The van der Waals surface area contributed by atoms with Crippen LogP contribution in [0.5, 0.6) is 0 Å². The lowest BCUT2D eigenvalue weighted by molar-refractivity contribution is -0.136. The molecule has 2 N–H and O–H groups in total. The molecule has 1 fully saturated rings. The second kappa shape index (κ2) is 7.31. The van der Waals surface area contributed by atoms with E-state index in [1.54, 1.807) is 11.3 Å². The van der Waals surface area contributed by atoms with Crippen LogP contribution in [0.2, 0.25) is 0 Å². The molecule has 7 heteroatoms. The lowest BCUT2D eigenvalue weighted by atomic mass is 9.84. The number of carbonyl (C=O) groups is 2. The Morgan fingerprint density at radius 1 is 1.08 bits per heavy atom. The maximum atomic E-state index is 13.2. The summed E-state index contributed by atoms with van der Waals surface area (Å²) in [7, 11) is 0. The van der Waals surface area contributed by atoms with Crippen LogP contribution in [0.15, 0.2) is 35.7 Å².